The normalized spacial score (nSPS) is 9.67. The van der Waals surface area contributed by atoms with E-state index in [0.717, 1.165) is 25.0 Å². The van der Waals surface area contributed by atoms with Crippen LogP contribution in [0.3, 0.4) is 0 Å². The average molecular weight is 205 g/mol. The first-order valence-electron chi connectivity index (χ1n) is 4.94. The molecule has 1 aromatic rings. The maximum atomic E-state index is 8.17. The molecule has 0 heterocycles. The van der Waals surface area contributed by atoms with Crippen LogP contribution >= 0.6 is 0 Å². The summed E-state index contributed by atoms with van der Waals surface area (Å²) in [4.78, 5) is 2.72. The Bertz CT molecular complexity index is 328. The van der Waals surface area contributed by atoms with Crippen molar-refractivity contribution in [2.24, 2.45) is 5.11 Å². The lowest BCUT2D eigenvalue weighted by molar-refractivity contribution is 0.195. The summed E-state index contributed by atoms with van der Waals surface area (Å²) in [5.41, 5.74) is 10.5. The molecule has 0 aliphatic carbocycles. The number of nitrogens with zero attached hydrogens (tertiary/aromatic N) is 3. The van der Waals surface area contributed by atoms with Gasteiger partial charge in [0, 0.05) is 18.6 Å². The Hall–Kier alpha value is -1.51. The van der Waals surface area contributed by atoms with Gasteiger partial charge in [0.1, 0.15) is 0 Å². The second kappa shape index (κ2) is 6.87. The molecule has 0 atom stereocenters. The third-order valence-corrected chi connectivity index (χ3v) is 2.15. The van der Waals surface area contributed by atoms with Gasteiger partial charge in [-0.05, 0) is 29.5 Å². The molecule has 0 amide bonds. The van der Waals surface area contributed by atoms with Gasteiger partial charge in [-0.2, -0.15) is 0 Å². The Labute approximate surface area is 89.5 Å². The van der Waals surface area contributed by atoms with Crippen molar-refractivity contribution in [3.8, 4) is 0 Å². The lowest BCUT2D eigenvalue weighted by Crippen LogP contribution is -1.92. The van der Waals surface area contributed by atoms with E-state index in [4.69, 9.17) is 10.3 Å². The zero-order valence-corrected chi connectivity index (χ0v) is 8.89. The van der Waals surface area contributed by atoms with Crippen molar-refractivity contribution in [2.45, 2.75) is 19.4 Å². The summed E-state index contributed by atoms with van der Waals surface area (Å²) in [5, 5.41) is 3.51. The van der Waals surface area contributed by atoms with Gasteiger partial charge in [0.15, 0.2) is 0 Å². The molecule has 0 unspecified atom stereocenters. The second-order valence-corrected chi connectivity index (χ2v) is 3.30. The first-order valence-corrected chi connectivity index (χ1v) is 4.94. The van der Waals surface area contributed by atoms with Gasteiger partial charge in [-0.15, -0.1) is 0 Å². The largest absolute Gasteiger partial charge is 0.385 e. The van der Waals surface area contributed by atoms with E-state index in [9.17, 15) is 0 Å². The SMILES string of the molecule is COCCCc1ccc(CN=[N+]=[N-])cc1. The number of hydrogen-bond acceptors (Lipinski definition) is 2. The molecule has 1 rings (SSSR count). The maximum Gasteiger partial charge on any atom is 0.0510 e. The summed E-state index contributed by atoms with van der Waals surface area (Å²) in [7, 11) is 1.71. The fourth-order valence-corrected chi connectivity index (χ4v) is 1.35. The number of azide groups is 1. The van der Waals surface area contributed by atoms with E-state index in [1.165, 1.54) is 5.56 Å². The van der Waals surface area contributed by atoms with Crippen molar-refractivity contribution >= 4 is 0 Å². The summed E-state index contributed by atoms with van der Waals surface area (Å²) in [6.45, 7) is 1.22. The van der Waals surface area contributed by atoms with Crippen molar-refractivity contribution in [3.63, 3.8) is 0 Å². The minimum Gasteiger partial charge on any atom is -0.385 e. The highest BCUT2D eigenvalue weighted by Crippen LogP contribution is 2.07. The Morgan fingerprint density at radius 2 is 1.93 bits per heavy atom. The second-order valence-electron chi connectivity index (χ2n) is 3.30. The van der Waals surface area contributed by atoms with Gasteiger partial charge in [0.2, 0.25) is 0 Å². The first-order chi connectivity index (χ1) is 7.36. The molecule has 0 aromatic heterocycles. The summed E-state index contributed by atoms with van der Waals surface area (Å²) < 4.78 is 4.99. The predicted octanol–water partition coefficient (Wildman–Crippen LogP) is 3.08. The van der Waals surface area contributed by atoms with Gasteiger partial charge in [-0.1, -0.05) is 29.4 Å². The van der Waals surface area contributed by atoms with Crippen LogP contribution in [0.25, 0.3) is 10.4 Å². The third-order valence-electron chi connectivity index (χ3n) is 2.15. The Kier molecular flexibility index (Phi) is 5.30. The molecule has 0 saturated carbocycles. The van der Waals surface area contributed by atoms with Gasteiger partial charge in [0.05, 0.1) is 6.54 Å². The molecule has 0 spiro atoms. The summed E-state index contributed by atoms with van der Waals surface area (Å²) in [5.74, 6) is 0. The van der Waals surface area contributed by atoms with E-state index in [1.54, 1.807) is 7.11 Å². The highest BCUT2D eigenvalue weighted by molar-refractivity contribution is 5.22. The van der Waals surface area contributed by atoms with Crippen LogP contribution in [0.1, 0.15) is 17.5 Å². The smallest absolute Gasteiger partial charge is 0.0510 e. The lowest BCUT2D eigenvalue weighted by atomic mass is 10.1. The van der Waals surface area contributed by atoms with Crippen LogP contribution in [0.15, 0.2) is 29.4 Å². The summed E-state index contributed by atoms with van der Waals surface area (Å²) >= 11 is 0. The van der Waals surface area contributed by atoms with E-state index < -0.39 is 0 Å². The van der Waals surface area contributed by atoms with E-state index in [-0.39, 0.29) is 0 Å². The predicted molar refractivity (Wildman–Crippen MR) is 59.5 cm³/mol. The molecule has 1 aromatic carbocycles. The van der Waals surface area contributed by atoms with Crippen molar-refractivity contribution in [1.29, 1.82) is 0 Å². The number of ether oxygens (including phenoxy) is 1. The molecule has 0 saturated heterocycles. The molecule has 0 radical (unpaired) electrons. The molecular weight excluding hydrogens is 190 g/mol. The van der Waals surface area contributed by atoms with E-state index >= 15 is 0 Å². The van der Waals surface area contributed by atoms with E-state index in [0.29, 0.717) is 6.54 Å². The third kappa shape index (κ3) is 4.49. The lowest BCUT2D eigenvalue weighted by Gasteiger charge is -2.02. The Morgan fingerprint density at radius 3 is 2.53 bits per heavy atom. The number of methoxy groups -OCH3 is 1. The van der Waals surface area contributed by atoms with Gasteiger partial charge in [-0.3, -0.25) is 0 Å². The molecule has 80 valence electrons. The van der Waals surface area contributed by atoms with Crippen LogP contribution < -0.4 is 0 Å². The molecule has 0 aliphatic heterocycles. The van der Waals surface area contributed by atoms with Crippen molar-refractivity contribution in [2.75, 3.05) is 13.7 Å². The number of aryl methyl sites for hydroxylation is 1. The van der Waals surface area contributed by atoms with Crippen LogP contribution in [0.5, 0.6) is 0 Å². The van der Waals surface area contributed by atoms with Gasteiger partial charge >= 0.3 is 0 Å². The maximum absolute atomic E-state index is 8.17. The number of benzene rings is 1. The van der Waals surface area contributed by atoms with Crippen LogP contribution in [0.2, 0.25) is 0 Å². The van der Waals surface area contributed by atoms with Gasteiger partial charge in [-0.25, -0.2) is 0 Å². The fraction of sp³-hybridized carbons (Fsp3) is 0.455. The minimum atomic E-state index is 0.425. The standard InChI is InChI=1S/C11H15N3O/c1-15-8-2-3-10-4-6-11(7-5-10)9-13-14-12/h4-7H,2-3,8-9H2,1H3. The monoisotopic (exact) mass is 205 g/mol. The van der Waals surface area contributed by atoms with Crippen LogP contribution in [-0.2, 0) is 17.7 Å². The molecule has 4 heteroatoms. The molecule has 0 bridgehead atoms. The van der Waals surface area contributed by atoms with Gasteiger partial charge in [0.25, 0.3) is 0 Å². The minimum absolute atomic E-state index is 0.425. The number of hydrogen-bond donors (Lipinski definition) is 0. The first kappa shape index (κ1) is 11.6. The molecular formula is C11H15N3O. The zero-order chi connectivity index (χ0) is 10.9. The highest BCUT2D eigenvalue weighted by atomic mass is 16.5. The average Bonchev–Trinajstić information content (AvgIpc) is 2.28. The fourth-order valence-electron chi connectivity index (χ4n) is 1.35. The Morgan fingerprint density at radius 1 is 1.27 bits per heavy atom. The van der Waals surface area contributed by atoms with Crippen molar-refractivity contribution in [1.82, 2.24) is 0 Å². The van der Waals surface area contributed by atoms with Gasteiger partial charge < -0.3 is 4.74 Å². The molecule has 15 heavy (non-hydrogen) atoms. The molecule has 0 aliphatic rings. The van der Waals surface area contributed by atoms with Crippen molar-refractivity contribution < 1.29 is 4.74 Å². The summed E-state index contributed by atoms with van der Waals surface area (Å²) in [6.07, 6.45) is 2.06. The van der Waals surface area contributed by atoms with E-state index in [2.05, 4.69) is 22.2 Å². The molecule has 4 nitrogen and oxygen atoms in total. The Balaban J connectivity index is 2.44. The molecule has 0 N–H and O–H groups in total. The number of rotatable bonds is 6. The van der Waals surface area contributed by atoms with Crippen LogP contribution in [0.4, 0.5) is 0 Å². The van der Waals surface area contributed by atoms with Crippen LogP contribution in [0, 0.1) is 0 Å². The van der Waals surface area contributed by atoms with E-state index in [1.807, 2.05) is 12.1 Å². The quantitative estimate of drug-likeness (QED) is 0.304. The summed E-state index contributed by atoms with van der Waals surface area (Å²) in [6, 6.07) is 8.13. The highest BCUT2D eigenvalue weighted by Gasteiger charge is 1.94. The zero-order valence-electron chi connectivity index (χ0n) is 8.89. The topological polar surface area (TPSA) is 58.0 Å². The van der Waals surface area contributed by atoms with Crippen LogP contribution in [-0.4, -0.2) is 13.7 Å². The molecule has 0 fully saturated rings. The van der Waals surface area contributed by atoms with Crippen molar-refractivity contribution in [3.05, 3.63) is 45.8 Å².